The number of nitrogens with one attached hydrogen (secondary N) is 3. The highest BCUT2D eigenvalue weighted by Crippen LogP contribution is 2.52. The van der Waals surface area contributed by atoms with Gasteiger partial charge in [-0.25, -0.2) is 18.7 Å². The Labute approximate surface area is 201 Å². The first-order valence-electron chi connectivity index (χ1n) is 11.4. The molecule has 2 heterocycles. The van der Waals surface area contributed by atoms with Crippen molar-refractivity contribution in [2.24, 2.45) is 0 Å². The van der Waals surface area contributed by atoms with Crippen molar-refractivity contribution in [3.63, 3.8) is 0 Å². The van der Waals surface area contributed by atoms with Gasteiger partial charge in [0.1, 0.15) is 18.1 Å². The molecule has 2 aromatic heterocycles. The van der Waals surface area contributed by atoms with Crippen molar-refractivity contribution < 1.29 is 23.8 Å². The van der Waals surface area contributed by atoms with Crippen LogP contribution in [0.5, 0.6) is 0 Å². The van der Waals surface area contributed by atoms with Crippen molar-refractivity contribution in [3.8, 4) is 6.07 Å². The lowest BCUT2D eigenvalue weighted by atomic mass is 9.92. The number of rotatable bonds is 8. The summed E-state index contributed by atoms with van der Waals surface area (Å²) < 4.78 is 28.5. The Morgan fingerprint density at radius 3 is 2.54 bits per heavy atom. The lowest BCUT2D eigenvalue weighted by Crippen LogP contribution is -2.42. The molecule has 2 fully saturated rings. The Hall–Kier alpha value is -3.36. The van der Waals surface area contributed by atoms with Crippen LogP contribution in [0, 0.1) is 17.1 Å². The minimum atomic E-state index is -1.68. The van der Waals surface area contributed by atoms with Gasteiger partial charge in [0.05, 0.1) is 34.6 Å². The molecule has 2 bridgehead atoms. The Morgan fingerprint density at radius 2 is 1.97 bits per heavy atom. The van der Waals surface area contributed by atoms with E-state index in [1.165, 1.54) is 32.3 Å². The average molecular weight is 487 g/mol. The monoisotopic (exact) mass is 486 g/mol. The summed E-state index contributed by atoms with van der Waals surface area (Å²) in [4.78, 5) is 21.0. The Balaban J connectivity index is 1.60. The number of aromatic nitrogens is 2. The third-order valence-corrected chi connectivity index (χ3v) is 6.78. The maximum Gasteiger partial charge on any atom is 0.255 e. The molecule has 0 aliphatic heterocycles. The normalized spacial score (nSPS) is 24.0. The molecule has 11 heteroatoms. The van der Waals surface area contributed by atoms with E-state index in [0.29, 0.717) is 37.8 Å². The van der Waals surface area contributed by atoms with Crippen LogP contribution >= 0.6 is 0 Å². The Bertz CT molecular complexity index is 1170. The predicted molar refractivity (Wildman–Crippen MR) is 124 cm³/mol. The highest BCUT2D eigenvalue weighted by molar-refractivity contribution is 6.00. The maximum absolute atomic E-state index is 14.3. The number of anilines is 3. The summed E-state index contributed by atoms with van der Waals surface area (Å²) in [5.74, 6) is -1.27. The van der Waals surface area contributed by atoms with Crippen LogP contribution in [0.25, 0.3) is 0 Å². The van der Waals surface area contributed by atoms with E-state index in [0.717, 1.165) is 6.07 Å². The molecule has 35 heavy (non-hydrogen) atoms. The van der Waals surface area contributed by atoms with Crippen LogP contribution < -0.4 is 16.0 Å². The zero-order chi connectivity index (χ0) is 25.4. The minimum Gasteiger partial charge on any atom is -0.390 e. The van der Waals surface area contributed by atoms with Gasteiger partial charge in [-0.05, 0) is 52.0 Å². The van der Waals surface area contributed by atoms with E-state index in [1.807, 2.05) is 6.07 Å². The molecular formula is C24H28F2N6O3. The first-order valence-corrected chi connectivity index (χ1v) is 11.4. The van der Waals surface area contributed by atoms with Crippen LogP contribution in [0.4, 0.5) is 26.1 Å². The highest BCUT2D eigenvalue weighted by atomic mass is 19.1. The zero-order valence-electron chi connectivity index (χ0n) is 19.5. The van der Waals surface area contributed by atoms with Gasteiger partial charge in [0.15, 0.2) is 11.6 Å². The van der Waals surface area contributed by atoms with E-state index in [9.17, 15) is 23.8 Å². The standard InChI is InChI=1S/C24H28F2N6O3/c1-22(2,34)18(26)12-30-21(33)15-11-28-19(31-20-16(25)7-14(9-27)10-29-20)8-17(15)32-23-3-5-24(35,13-23)6-4-23/h7-8,10-11,18,34-35H,3-6,12-13H2,1-2H3,(H,30,33)(H2,28,29,31,32)/t18-,23?,24?/m1/s1. The molecule has 0 spiro atoms. The molecule has 2 saturated carbocycles. The van der Waals surface area contributed by atoms with Crippen molar-refractivity contribution in [3.05, 3.63) is 41.5 Å². The summed E-state index contributed by atoms with van der Waals surface area (Å²) in [5.41, 5.74) is -2.15. The number of hydrogen-bond acceptors (Lipinski definition) is 8. The van der Waals surface area contributed by atoms with E-state index in [1.54, 1.807) is 0 Å². The van der Waals surface area contributed by atoms with Crippen LogP contribution in [0.15, 0.2) is 24.5 Å². The average Bonchev–Trinajstić information content (AvgIpc) is 3.31. The van der Waals surface area contributed by atoms with E-state index in [-0.39, 0.29) is 22.8 Å². The molecule has 0 unspecified atom stereocenters. The van der Waals surface area contributed by atoms with Crippen molar-refractivity contribution in [1.29, 1.82) is 5.26 Å². The number of carbonyl (C=O) groups is 1. The smallest absolute Gasteiger partial charge is 0.255 e. The Kier molecular flexibility index (Phi) is 6.38. The van der Waals surface area contributed by atoms with Gasteiger partial charge >= 0.3 is 0 Å². The number of hydrogen-bond donors (Lipinski definition) is 5. The predicted octanol–water partition coefficient (Wildman–Crippen LogP) is 2.93. The second-order valence-electron chi connectivity index (χ2n) is 10.0. The van der Waals surface area contributed by atoms with Gasteiger partial charge in [0, 0.05) is 24.0 Å². The number of fused-ring (bicyclic) bond motifs is 2. The number of nitrogens with zero attached hydrogens (tertiary/aromatic N) is 3. The van der Waals surface area contributed by atoms with Crippen LogP contribution in [-0.2, 0) is 0 Å². The summed E-state index contributed by atoms with van der Waals surface area (Å²) in [7, 11) is 0. The number of nitriles is 1. The molecule has 2 aliphatic carbocycles. The molecule has 5 N–H and O–H groups in total. The van der Waals surface area contributed by atoms with Gasteiger partial charge in [0.25, 0.3) is 5.91 Å². The van der Waals surface area contributed by atoms with Crippen molar-refractivity contribution in [1.82, 2.24) is 15.3 Å². The third-order valence-electron chi connectivity index (χ3n) is 6.78. The van der Waals surface area contributed by atoms with Crippen molar-refractivity contribution >= 4 is 23.2 Å². The molecule has 0 radical (unpaired) electrons. The first kappa shape index (κ1) is 24.8. The molecule has 2 aromatic rings. The van der Waals surface area contributed by atoms with Gasteiger partial charge in [0.2, 0.25) is 0 Å². The third kappa shape index (κ3) is 5.33. The quantitative estimate of drug-likeness (QED) is 0.383. The van der Waals surface area contributed by atoms with Crippen LogP contribution in [0.2, 0.25) is 0 Å². The lowest BCUT2D eigenvalue weighted by molar-refractivity contribution is -0.00178. The summed E-state index contributed by atoms with van der Waals surface area (Å²) in [6.45, 7) is 2.23. The molecule has 1 atom stereocenters. The lowest BCUT2D eigenvalue weighted by Gasteiger charge is -2.30. The molecule has 186 valence electrons. The van der Waals surface area contributed by atoms with E-state index in [2.05, 4.69) is 25.9 Å². The fourth-order valence-electron chi connectivity index (χ4n) is 4.68. The van der Waals surface area contributed by atoms with Gasteiger partial charge < -0.3 is 26.2 Å². The fraction of sp³-hybridized carbons (Fsp3) is 0.500. The van der Waals surface area contributed by atoms with Crippen LogP contribution in [0.3, 0.4) is 0 Å². The number of carbonyl (C=O) groups excluding carboxylic acids is 1. The highest BCUT2D eigenvalue weighted by Gasteiger charge is 2.53. The summed E-state index contributed by atoms with van der Waals surface area (Å²) in [6, 6.07) is 4.39. The minimum absolute atomic E-state index is 0.0710. The van der Waals surface area contributed by atoms with E-state index < -0.39 is 41.2 Å². The summed E-state index contributed by atoms with van der Waals surface area (Å²) in [5, 5.41) is 38.0. The van der Waals surface area contributed by atoms with E-state index in [4.69, 9.17) is 5.26 Å². The maximum atomic E-state index is 14.3. The zero-order valence-corrected chi connectivity index (χ0v) is 19.5. The van der Waals surface area contributed by atoms with Crippen molar-refractivity contribution in [2.45, 2.75) is 68.9 Å². The topological polar surface area (TPSA) is 143 Å². The molecule has 0 saturated heterocycles. The molecular weight excluding hydrogens is 458 g/mol. The van der Waals surface area contributed by atoms with E-state index >= 15 is 0 Å². The molecule has 0 aromatic carbocycles. The van der Waals surface area contributed by atoms with Gasteiger partial charge in [-0.3, -0.25) is 4.79 Å². The molecule has 1 amide bonds. The van der Waals surface area contributed by atoms with Gasteiger partial charge in [-0.2, -0.15) is 5.26 Å². The number of halogens is 2. The van der Waals surface area contributed by atoms with Crippen LogP contribution in [0.1, 0.15) is 61.9 Å². The first-order chi connectivity index (χ1) is 16.4. The molecule has 2 aliphatic rings. The number of amides is 1. The van der Waals surface area contributed by atoms with Crippen molar-refractivity contribution in [2.75, 3.05) is 17.2 Å². The second-order valence-corrected chi connectivity index (χ2v) is 10.0. The van der Waals surface area contributed by atoms with Gasteiger partial charge in [-0.15, -0.1) is 0 Å². The summed E-state index contributed by atoms with van der Waals surface area (Å²) >= 11 is 0. The second kappa shape index (κ2) is 9.02. The summed E-state index contributed by atoms with van der Waals surface area (Å²) in [6.07, 6.45) is 4.08. The van der Waals surface area contributed by atoms with Crippen LogP contribution in [-0.4, -0.2) is 55.5 Å². The largest absolute Gasteiger partial charge is 0.390 e. The number of pyridine rings is 2. The number of aliphatic hydroxyl groups is 2. The number of alkyl halides is 1. The SMILES string of the molecule is CC(C)(O)[C@H](F)CNC(=O)c1cnc(Nc2ncc(C#N)cc2F)cc1NC12CCC(O)(CC1)C2. The van der Waals surface area contributed by atoms with Gasteiger partial charge in [-0.1, -0.05) is 0 Å². The molecule has 9 nitrogen and oxygen atoms in total. The molecule has 4 rings (SSSR count). The Morgan fingerprint density at radius 1 is 1.26 bits per heavy atom. The fourth-order valence-corrected chi connectivity index (χ4v) is 4.68.